The van der Waals surface area contributed by atoms with Crippen molar-refractivity contribution in [3.8, 4) is 12.3 Å². The molecule has 1 aromatic carbocycles. The van der Waals surface area contributed by atoms with Crippen molar-refractivity contribution in [2.75, 3.05) is 36.4 Å². The number of pyridine rings is 2. The molecule has 2 amide bonds. The van der Waals surface area contributed by atoms with E-state index in [2.05, 4.69) is 26.1 Å². The second-order valence-electron chi connectivity index (χ2n) is 7.31. The van der Waals surface area contributed by atoms with E-state index in [1.165, 1.54) is 0 Å². The SMILES string of the molecule is C#CCCC(=O)N1CCN(c2ccnc(C(=O)Nc3cccc4cccnc34)c2)CC1. The minimum absolute atomic E-state index is 0.0936. The quantitative estimate of drug-likeness (QED) is 0.651. The summed E-state index contributed by atoms with van der Waals surface area (Å²) >= 11 is 0. The van der Waals surface area contributed by atoms with Crippen LogP contribution < -0.4 is 10.2 Å². The van der Waals surface area contributed by atoms with Crippen LogP contribution in [0.4, 0.5) is 11.4 Å². The van der Waals surface area contributed by atoms with E-state index < -0.39 is 0 Å². The molecule has 0 atom stereocenters. The molecule has 0 unspecified atom stereocenters. The molecule has 0 radical (unpaired) electrons. The summed E-state index contributed by atoms with van der Waals surface area (Å²) in [5, 5.41) is 3.88. The Balaban J connectivity index is 1.43. The van der Waals surface area contributed by atoms with Crippen molar-refractivity contribution in [3.05, 3.63) is 60.6 Å². The molecule has 3 aromatic rings. The summed E-state index contributed by atoms with van der Waals surface area (Å²) in [7, 11) is 0. The van der Waals surface area contributed by atoms with E-state index in [1.54, 1.807) is 18.5 Å². The first kappa shape index (κ1) is 20.4. The Morgan fingerprint density at radius 1 is 1.03 bits per heavy atom. The van der Waals surface area contributed by atoms with E-state index in [9.17, 15) is 9.59 Å². The summed E-state index contributed by atoms with van der Waals surface area (Å²) < 4.78 is 0. The van der Waals surface area contributed by atoms with E-state index >= 15 is 0 Å². The van der Waals surface area contributed by atoms with Crippen LogP contribution in [0.3, 0.4) is 0 Å². The molecular formula is C24H23N5O2. The van der Waals surface area contributed by atoms with Gasteiger partial charge in [0, 0.05) is 62.5 Å². The zero-order valence-corrected chi connectivity index (χ0v) is 17.1. The van der Waals surface area contributed by atoms with Crippen molar-refractivity contribution in [1.29, 1.82) is 0 Å². The molecule has 1 aliphatic rings. The molecule has 7 nitrogen and oxygen atoms in total. The first-order valence-electron chi connectivity index (χ1n) is 10.2. The van der Waals surface area contributed by atoms with Gasteiger partial charge in [-0.3, -0.25) is 19.6 Å². The fourth-order valence-electron chi connectivity index (χ4n) is 3.68. The molecule has 1 aliphatic heterocycles. The molecule has 156 valence electrons. The maximum Gasteiger partial charge on any atom is 0.274 e. The maximum atomic E-state index is 12.8. The minimum Gasteiger partial charge on any atom is -0.368 e. The van der Waals surface area contributed by atoms with E-state index in [0.717, 1.165) is 16.6 Å². The van der Waals surface area contributed by atoms with Gasteiger partial charge in [0.1, 0.15) is 5.69 Å². The highest BCUT2D eigenvalue weighted by molar-refractivity contribution is 6.07. The summed E-state index contributed by atoms with van der Waals surface area (Å²) in [6.45, 7) is 2.66. The Morgan fingerprint density at radius 2 is 1.84 bits per heavy atom. The Hall–Kier alpha value is -3.92. The predicted octanol–water partition coefficient (Wildman–Crippen LogP) is 2.94. The van der Waals surface area contributed by atoms with E-state index in [4.69, 9.17) is 6.42 Å². The zero-order chi connectivity index (χ0) is 21.6. The lowest BCUT2D eigenvalue weighted by molar-refractivity contribution is -0.131. The zero-order valence-electron chi connectivity index (χ0n) is 17.1. The monoisotopic (exact) mass is 413 g/mol. The molecule has 0 aliphatic carbocycles. The fraction of sp³-hybridized carbons (Fsp3) is 0.250. The molecule has 0 bridgehead atoms. The van der Waals surface area contributed by atoms with Gasteiger partial charge in [-0.15, -0.1) is 12.3 Å². The molecule has 0 spiro atoms. The minimum atomic E-state index is -0.289. The van der Waals surface area contributed by atoms with Crippen LogP contribution in [0, 0.1) is 12.3 Å². The second kappa shape index (κ2) is 9.26. The third-order valence-electron chi connectivity index (χ3n) is 5.34. The van der Waals surface area contributed by atoms with Crippen molar-refractivity contribution < 1.29 is 9.59 Å². The standard InChI is InChI=1S/C24H23N5O2/c1-2-3-9-22(30)29-15-13-28(14-16-29)19-10-12-25-21(17-19)24(31)27-20-8-4-6-18-7-5-11-26-23(18)20/h1,4-8,10-12,17H,3,9,13-16H2,(H,27,31). The Kier molecular flexibility index (Phi) is 6.08. The number of terminal acetylenes is 1. The number of hydrogen-bond donors (Lipinski definition) is 1. The lowest BCUT2D eigenvalue weighted by atomic mass is 10.2. The number of nitrogens with one attached hydrogen (secondary N) is 1. The largest absolute Gasteiger partial charge is 0.368 e. The lowest BCUT2D eigenvalue weighted by Crippen LogP contribution is -2.48. The van der Waals surface area contributed by atoms with Crippen molar-refractivity contribution >= 4 is 34.1 Å². The number of hydrogen-bond acceptors (Lipinski definition) is 5. The van der Waals surface area contributed by atoms with Crippen LogP contribution in [-0.4, -0.2) is 52.9 Å². The maximum absolute atomic E-state index is 12.8. The number of benzene rings is 1. The Morgan fingerprint density at radius 3 is 2.65 bits per heavy atom. The summed E-state index contributed by atoms with van der Waals surface area (Å²) in [5.41, 5.74) is 2.62. The molecule has 31 heavy (non-hydrogen) atoms. The fourth-order valence-corrected chi connectivity index (χ4v) is 3.68. The highest BCUT2D eigenvalue weighted by Crippen LogP contribution is 2.22. The molecule has 1 saturated heterocycles. The predicted molar refractivity (Wildman–Crippen MR) is 121 cm³/mol. The van der Waals surface area contributed by atoms with Gasteiger partial charge in [-0.05, 0) is 24.3 Å². The van der Waals surface area contributed by atoms with Gasteiger partial charge in [0.2, 0.25) is 5.91 Å². The average Bonchev–Trinajstić information content (AvgIpc) is 2.83. The number of rotatable bonds is 5. The topological polar surface area (TPSA) is 78.4 Å². The normalized spacial score (nSPS) is 13.6. The van der Waals surface area contributed by atoms with E-state index in [-0.39, 0.29) is 11.8 Å². The van der Waals surface area contributed by atoms with Crippen LogP contribution in [-0.2, 0) is 4.79 Å². The molecule has 4 rings (SSSR count). The first-order chi connectivity index (χ1) is 15.2. The van der Waals surface area contributed by atoms with Crippen LogP contribution in [0.25, 0.3) is 10.9 Å². The molecule has 2 aromatic heterocycles. The average molecular weight is 413 g/mol. The smallest absolute Gasteiger partial charge is 0.274 e. The number of carbonyl (C=O) groups is 2. The molecule has 7 heteroatoms. The number of piperazine rings is 1. The molecular weight excluding hydrogens is 390 g/mol. The van der Waals surface area contributed by atoms with Gasteiger partial charge in [-0.2, -0.15) is 0 Å². The summed E-state index contributed by atoms with van der Waals surface area (Å²) in [6.07, 6.45) is 9.44. The molecule has 1 fully saturated rings. The van der Waals surface area contributed by atoms with Crippen molar-refractivity contribution in [3.63, 3.8) is 0 Å². The highest BCUT2D eigenvalue weighted by Gasteiger charge is 2.21. The van der Waals surface area contributed by atoms with Crippen LogP contribution in [0.1, 0.15) is 23.3 Å². The van der Waals surface area contributed by atoms with Crippen LogP contribution >= 0.6 is 0 Å². The van der Waals surface area contributed by atoms with Crippen molar-refractivity contribution in [1.82, 2.24) is 14.9 Å². The van der Waals surface area contributed by atoms with E-state index in [1.807, 2.05) is 41.3 Å². The number of fused-ring (bicyclic) bond motifs is 1. The number of aromatic nitrogens is 2. The number of carbonyl (C=O) groups excluding carboxylic acids is 2. The molecule has 0 saturated carbocycles. The van der Waals surface area contributed by atoms with Gasteiger partial charge >= 0.3 is 0 Å². The van der Waals surface area contributed by atoms with Crippen LogP contribution in [0.15, 0.2) is 54.9 Å². The van der Waals surface area contributed by atoms with E-state index in [0.29, 0.717) is 50.4 Å². The number of amides is 2. The summed E-state index contributed by atoms with van der Waals surface area (Å²) in [4.78, 5) is 37.6. The number of para-hydroxylation sites is 1. The Labute approximate surface area is 181 Å². The third kappa shape index (κ3) is 4.64. The summed E-state index contributed by atoms with van der Waals surface area (Å²) in [5.74, 6) is 2.31. The van der Waals surface area contributed by atoms with Crippen molar-refractivity contribution in [2.24, 2.45) is 0 Å². The Bertz CT molecular complexity index is 1140. The highest BCUT2D eigenvalue weighted by atomic mass is 16.2. The second-order valence-corrected chi connectivity index (χ2v) is 7.31. The first-order valence-corrected chi connectivity index (χ1v) is 10.2. The molecule has 3 heterocycles. The van der Waals surface area contributed by atoms with Gasteiger partial charge in [0.15, 0.2) is 0 Å². The van der Waals surface area contributed by atoms with Gasteiger partial charge in [0.05, 0.1) is 11.2 Å². The van der Waals surface area contributed by atoms with Gasteiger partial charge in [0.25, 0.3) is 5.91 Å². The van der Waals surface area contributed by atoms with Crippen molar-refractivity contribution in [2.45, 2.75) is 12.8 Å². The lowest BCUT2D eigenvalue weighted by Gasteiger charge is -2.36. The molecule has 1 N–H and O–H groups in total. The third-order valence-corrected chi connectivity index (χ3v) is 5.34. The van der Waals surface area contributed by atoms with Crippen LogP contribution in [0.2, 0.25) is 0 Å². The van der Waals surface area contributed by atoms with Gasteiger partial charge in [-0.25, -0.2) is 0 Å². The number of nitrogens with zero attached hydrogens (tertiary/aromatic N) is 4. The summed E-state index contributed by atoms with van der Waals surface area (Å²) in [6, 6.07) is 13.1. The van der Waals surface area contributed by atoms with Gasteiger partial charge < -0.3 is 15.1 Å². The van der Waals surface area contributed by atoms with Gasteiger partial charge in [-0.1, -0.05) is 18.2 Å². The van der Waals surface area contributed by atoms with Crippen LogP contribution in [0.5, 0.6) is 0 Å². The number of anilines is 2.